The maximum atomic E-state index is 10.8. The number of thiophene rings is 1. The molecule has 0 bridgehead atoms. The van der Waals surface area contributed by atoms with E-state index in [0.717, 1.165) is 21.3 Å². The number of aromatic nitrogens is 3. The molecule has 0 aliphatic carbocycles. The van der Waals surface area contributed by atoms with Crippen LogP contribution in [0.3, 0.4) is 0 Å². The molecule has 0 saturated heterocycles. The Morgan fingerprint density at radius 1 is 1.12 bits per heavy atom. The average Bonchev–Trinajstić information content (AvgIpc) is 3.14. The summed E-state index contributed by atoms with van der Waals surface area (Å²) in [6, 6.07) is 11.2. The van der Waals surface area contributed by atoms with Gasteiger partial charge in [0.15, 0.2) is 5.82 Å². The van der Waals surface area contributed by atoms with Gasteiger partial charge in [-0.05, 0) is 42.1 Å². The first-order valence-electron chi connectivity index (χ1n) is 7.89. The molecular weight excluding hydrogens is 348 g/mol. The van der Waals surface area contributed by atoms with E-state index in [1.807, 2.05) is 42.6 Å². The molecule has 0 aliphatic rings. The Labute approximate surface area is 153 Å². The first-order chi connectivity index (χ1) is 12.7. The van der Waals surface area contributed by atoms with Crippen LogP contribution in [-0.2, 0) is 4.79 Å². The molecule has 4 rings (SSSR count). The highest BCUT2D eigenvalue weighted by molar-refractivity contribution is 7.17. The summed E-state index contributed by atoms with van der Waals surface area (Å²) >= 11 is 1.52. The van der Waals surface area contributed by atoms with E-state index in [4.69, 9.17) is 4.74 Å². The number of fused-ring (bicyclic) bond motifs is 1. The van der Waals surface area contributed by atoms with E-state index < -0.39 is 0 Å². The summed E-state index contributed by atoms with van der Waals surface area (Å²) in [5, 5.41) is 4.63. The fraction of sp³-hybridized carbons (Fsp3) is 0.0526. The molecule has 128 valence electrons. The summed E-state index contributed by atoms with van der Waals surface area (Å²) in [5.41, 5.74) is 3.34. The minimum Gasteiger partial charge on any atom is -0.437 e. The number of rotatable bonds is 5. The zero-order chi connectivity index (χ0) is 17.9. The van der Waals surface area contributed by atoms with E-state index >= 15 is 0 Å². The predicted molar refractivity (Wildman–Crippen MR) is 102 cm³/mol. The van der Waals surface area contributed by atoms with Gasteiger partial charge in [-0.25, -0.2) is 4.98 Å². The van der Waals surface area contributed by atoms with Crippen LogP contribution < -0.4 is 10.1 Å². The third kappa shape index (κ3) is 3.12. The number of aryl methyl sites for hydroxylation is 1. The van der Waals surface area contributed by atoms with Crippen LogP contribution in [0.2, 0.25) is 0 Å². The highest BCUT2D eigenvalue weighted by Gasteiger charge is 2.13. The molecule has 0 aliphatic heterocycles. The Morgan fingerprint density at radius 2 is 1.96 bits per heavy atom. The highest BCUT2D eigenvalue weighted by atomic mass is 32.1. The van der Waals surface area contributed by atoms with Gasteiger partial charge in [-0.15, -0.1) is 11.3 Å². The number of nitrogens with one attached hydrogen (secondary N) is 1. The van der Waals surface area contributed by atoms with Crippen molar-refractivity contribution in [3.8, 4) is 23.0 Å². The van der Waals surface area contributed by atoms with Gasteiger partial charge in [-0.1, -0.05) is 6.07 Å². The molecule has 3 heterocycles. The van der Waals surface area contributed by atoms with E-state index in [-0.39, 0.29) is 0 Å². The molecule has 0 radical (unpaired) electrons. The SMILES string of the molecule is Cc1ccc(Oc2nc(-c3ccncc3)nc3ccsc23)cc1NC=O. The number of pyridine rings is 1. The average molecular weight is 362 g/mol. The highest BCUT2D eigenvalue weighted by Crippen LogP contribution is 2.34. The number of ether oxygens (including phenoxy) is 1. The molecule has 4 aromatic rings. The third-order valence-corrected chi connectivity index (χ3v) is 4.74. The first-order valence-corrected chi connectivity index (χ1v) is 8.77. The fourth-order valence-corrected chi connectivity index (χ4v) is 3.29. The van der Waals surface area contributed by atoms with Crippen LogP contribution in [0.15, 0.2) is 54.2 Å². The van der Waals surface area contributed by atoms with Gasteiger partial charge in [-0.2, -0.15) is 4.98 Å². The van der Waals surface area contributed by atoms with Crippen molar-refractivity contribution in [1.29, 1.82) is 0 Å². The van der Waals surface area contributed by atoms with Crippen LogP contribution in [0.25, 0.3) is 21.6 Å². The molecule has 3 aromatic heterocycles. The summed E-state index contributed by atoms with van der Waals surface area (Å²) in [4.78, 5) is 24.0. The Bertz CT molecular complexity index is 1080. The van der Waals surface area contributed by atoms with Crippen molar-refractivity contribution >= 4 is 33.7 Å². The van der Waals surface area contributed by atoms with Crippen molar-refractivity contribution in [1.82, 2.24) is 15.0 Å². The van der Waals surface area contributed by atoms with Crippen molar-refractivity contribution < 1.29 is 9.53 Å². The maximum Gasteiger partial charge on any atom is 0.240 e. The Morgan fingerprint density at radius 3 is 2.77 bits per heavy atom. The van der Waals surface area contributed by atoms with Gasteiger partial charge in [0.1, 0.15) is 10.4 Å². The Kier molecular flexibility index (Phi) is 4.28. The predicted octanol–water partition coefficient (Wildman–Crippen LogP) is 4.42. The van der Waals surface area contributed by atoms with Crippen LogP contribution in [-0.4, -0.2) is 21.4 Å². The number of hydrogen-bond acceptors (Lipinski definition) is 6. The fourth-order valence-electron chi connectivity index (χ4n) is 2.53. The van der Waals surface area contributed by atoms with E-state index in [1.165, 1.54) is 11.3 Å². The van der Waals surface area contributed by atoms with E-state index in [1.54, 1.807) is 18.5 Å². The van der Waals surface area contributed by atoms with Crippen molar-refractivity contribution in [3.63, 3.8) is 0 Å². The van der Waals surface area contributed by atoms with Gasteiger partial charge in [0.05, 0.1) is 5.52 Å². The normalized spacial score (nSPS) is 10.7. The topological polar surface area (TPSA) is 77.0 Å². The molecule has 0 spiro atoms. The molecule has 0 unspecified atom stereocenters. The van der Waals surface area contributed by atoms with Crippen LogP contribution in [0, 0.1) is 6.92 Å². The van der Waals surface area contributed by atoms with Crippen molar-refractivity contribution in [2.24, 2.45) is 0 Å². The molecule has 7 heteroatoms. The number of anilines is 1. The number of hydrogen-bond donors (Lipinski definition) is 1. The summed E-state index contributed by atoms with van der Waals surface area (Å²) in [6.45, 7) is 1.92. The minimum absolute atomic E-state index is 0.484. The van der Waals surface area contributed by atoms with Gasteiger partial charge in [0.25, 0.3) is 0 Å². The molecule has 0 saturated carbocycles. The number of amides is 1. The minimum atomic E-state index is 0.484. The number of carbonyl (C=O) groups excluding carboxylic acids is 1. The van der Waals surface area contributed by atoms with Crippen LogP contribution in [0.4, 0.5) is 5.69 Å². The van der Waals surface area contributed by atoms with Gasteiger partial charge >= 0.3 is 0 Å². The first kappa shape index (κ1) is 16.2. The lowest BCUT2D eigenvalue weighted by atomic mass is 10.2. The smallest absolute Gasteiger partial charge is 0.240 e. The maximum absolute atomic E-state index is 10.8. The monoisotopic (exact) mass is 362 g/mol. The van der Waals surface area contributed by atoms with E-state index in [0.29, 0.717) is 29.6 Å². The lowest BCUT2D eigenvalue weighted by molar-refractivity contribution is -0.105. The Hall–Kier alpha value is -3.32. The molecule has 6 nitrogen and oxygen atoms in total. The molecule has 1 N–H and O–H groups in total. The quantitative estimate of drug-likeness (QED) is 0.532. The third-order valence-electron chi connectivity index (χ3n) is 3.85. The molecule has 0 atom stereocenters. The zero-order valence-electron chi connectivity index (χ0n) is 13.8. The summed E-state index contributed by atoms with van der Waals surface area (Å²) < 4.78 is 6.91. The molecule has 1 amide bonds. The summed E-state index contributed by atoms with van der Waals surface area (Å²) in [6.07, 6.45) is 4.05. The van der Waals surface area contributed by atoms with Crippen LogP contribution in [0.5, 0.6) is 11.6 Å². The summed E-state index contributed by atoms with van der Waals surface area (Å²) in [7, 11) is 0. The van der Waals surface area contributed by atoms with Crippen LogP contribution in [0.1, 0.15) is 5.56 Å². The van der Waals surface area contributed by atoms with Crippen molar-refractivity contribution in [2.45, 2.75) is 6.92 Å². The van der Waals surface area contributed by atoms with Crippen LogP contribution >= 0.6 is 11.3 Å². The molecule has 1 aromatic carbocycles. The van der Waals surface area contributed by atoms with E-state index in [2.05, 4.69) is 20.3 Å². The number of carbonyl (C=O) groups is 1. The zero-order valence-corrected chi connectivity index (χ0v) is 14.7. The largest absolute Gasteiger partial charge is 0.437 e. The van der Waals surface area contributed by atoms with Gasteiger partial charge in [0, 0.05) is 29.7 Å². The lowest BCUT2D eigenvalue weighted by Crippen LogP contribution is -1.98. The molecule has 26 heavy (non-hydrogen) atoms. The Balaban J connectivity index is 1.78. The number of benzene rings is 1. The number of nitrogens with zero attached hydrogens (tertiary/aromatic N) is 3. The second-order valence-corrected chi connectivity index (χ2v) is 6.48. The second-order valence-electron chi connectivity index (χ2n) is 5.56. The van der Waals surface area contributed by atoms with Gasteiger partial charge in [0.2, 0.25) is 12.3 Å². The van der Waals surface area contributed by atoms with Gasteiger partial charge in [-0.3, -0.25) is 9.78 Å². The van der Waals surface area contributed by atoms with E-state index in [9.17, 15) is 4.79 Å². The second kappa shape index (κ2) is 6.89. The van der Waals surface area contributed by atoms with Crippen molar-refractivity contribution in [2.75, 3.05) is 5.32 Å². The lowest BCUT2D eigenvalue weighted by Gasteiger charge is -2.10. The van der Waals surface area contributed by atoms with Crippen molar-refractivity contribution in [3.05, 3.63) is 59.7 Å². The van der Waals surface area contributed by atoms with Gasteiger partial charge < -0.3 is 10.1 Å². The summed E-state index contributed by atoms with van der Waals surface area (Å²) in [5.74, 6) is 1.65. The molecule has 0 fully saturated rings. The standard InChI is InChI=1S/C19H14N4O2S/c1-12-2-3-14(10-16(12)21-11-24)25-19-17-15(6-9-26-17)22-18(23-19)13-4-7-20-8-5-13/h2-11H,1H3,(H,21,24). The molecular formula is C19H14N4O2S.